The molecule has 0 aliphatic carbocycles. The molecular weight excluding hydrogens is 164 g/mol. The summed E-state index contributed by atoms with van der Waals surface area (Å²) in [6.45, 7) is 3.33. The summed E-state index contributed by atoms with van der Waals surface area (Å²) in [4.78, 5) is 0. The van der Waals surface area contributed by atoms with E-state index < -0.39 is 0 Å². The SMILES string of the molecule is CCc1c[c]ccc1OCCOC. The van der Waals surface area contributed by atoms with Gasteiger partial charge in [0.15, 0.2) is 0 Å². The molecule has 2 nitrogen and oxygen atoms in total. The molecule has 0 bridgehead atoms. The second-order valence-corrected chi connectivity index (χ2v) is 2.73. The van der Waals surface area contributed by atoms with E-state index in [1.54, 1.807) is 7.11 Å². The van der Waals surface area contributed by atoms with Crippen molar-refractivity contribution in [1.82, 2.24) is 0 Å². The molecule has 1 aromatic carbocycles. The number of methoxy groups -OCH3 is 1. The highest BCUT2D eigenvalue weighted by atomic mass is 16.5. The molecule has 0 unspecified atom stereocenters. The van der Waals surface area contributed by atoms with Crippen molar-refractivity contribution in [3.05, 3.63) is 29.8 Å². The van der Waals surface area contributed by atoms with Crippen LogP contribution in [0.4, 0.5) is 0 Å². The van der Waals surface area contributed by atoms with Gasteiger partial charge in [-0.2, -0.15) is 0 Å². The Kier molecular flexibility index (Phi) is 4.33. The molecule has 0 aliphatic rings. The Morgan fingerprint density at radius 1 is 1.38 bits per heavy atom. The summed E-state index contributed by atoms with van der Waals surface area (Å²) in [5, 5.41) is 0. The Labute approximate surface area is 79.5 Å². The van der Waals surface area contributed by atoms with Crippen LogP contribution < -0.4 is 4.74 Å². The van der Waals surface area contributed by atoms with Gasteiger partial charge in [-0.1, -0.05) is 13.0 Å². The molecule has 0 saturated carbocycles. The smallest absolute Gasteiger partial charge is 0.122 e. The molecule has 2 heteroatoms. The molecule has 1 aromatic rings. The molecule has 0 heterocycles. The fourth-order valence-corrected chi connectivity index (χ4v) is 1.10. The molecule has 71 valence electrons. The number of benzene rings is 1. The van der Waals surface area contributed by atoms with Crippen LogP contribution in [0.5, 0.6) is 5.75 Å². The first-order valence-corrected chi connectivity index (χ1v) is 4.49. The van der Waals surface area contributed by atoms with Gasteiger partial charge < -0.3 is 9.47 Å². The average Bonchev–Trinajstić information content (AvgIpc) is 2.19. The third-order valence-corrected chi connectivity index (χ3v) is 1.83. The van der Waals surface area contributed by atoms with E-state index in [0.717, 1.165) is 12.2 Å². The summed E-state index contributed by atoms with van der Waals surface area (Å²) < 4.78 is 10.4. The van der Waals surface area contributed by atoms with Crippen LogP contribution in [0.3, 0.4) is 0 Å². The van der Waals surface area contributed by atoms with Crippen LogP contribution in [0.2, 0.25) is 0 Å². The zero-order valence-corrected chi connectivity index (χ0v) is 8.17. The van der Waals surface area contributed by atoms with Crippen molar-refractivity contribution in [3.8, 4) is 5.75 Å². The van der Waals surface area contributed by atoms with E-state index in [4.69, 9.17) is 9.47 Å². The molecule has 0 saturated heterocycles. The predicted octanol–water partition coefficient (Wildman–Crippen LogP) is 2.07. The van der Waals surface area contributed by atoms with Crippen molar-refractivity contribution < 1.29 is 9.47 Å². The molecule has 0 amide bonds. The summed E-state index contributed by atoms with van der Waals surface area (Å²) in [5.74, 6) is 0.943. The Morgan fingerprint density at radius 2 is 2.23 bits per heavy atom. The van der Waals surface area contributed by atoms with Gasteiger partial charge in [-0.3, -0.25) is 0 Å². The third-order valence-electron chi connectivity index (χ3n) is 1.83. The number of aryl methyl sites for hydroxylation is 1. The first-order chi connectivity index (χ1) is 6.38. The van der Waals surface area contributed by atoms with E-state index in [2.05, 4.69) is 13.0 Å². The lowest BCUT2D eigenvalue weighted by Crippen LogP contribution is -2.05. The first kappa shape index (κ1) is 10.1. The largest absolute Gasteiger partial charge is 0.491 e. The van der Waals surface area contributed by atoms with Crippen molar-refractivity contribution in [3.63, 3.8) is 0 Å². The Bertz CT molecular complexity index is 246. The third kappa shape index (κ3) is 3.07. The molecule has 13 heavy (non-hydrogen) atoms. The van der Waals surface area contributed by atoms with Crippen LogP contribution in [-0.2, 0) is 11.2 Å². The summed E-state index contributed by atoms with van der Waals surface area (Å²) in [6.07, 6.45) is 0.972. The van der Waals surface area contributed by atoms with Crippen molar-refractivity contribution >= 4 is 0 Å². The van der Waals surface area contributed by atoms with Crippen LogP contribution in [0, 0.1) is 6.07 Å². The normalized spacial score (nSPS) is 10.0. The standard InChI is InChI=1S/C11H15O2/c1-3-10-6-4-5-7-11(10)13-9-8-12-2/h5-7H,3,8-9H2,1-2H3. The maximum absolute atomic E-state index is 5.52. The fraction of sp³-hybridized carbons (Fsp3) is 0.455. The van der Waals surface area contributed by atoms with Crippen LogP contribution in [0.1, 0.15) is 12.5 Å². The van der Waals surface area contributed by atoms with Gasteiger partial charge in [-0.15, -0.1) is 0 Å². The fourth-order valence-electron chi connectivity index (χ4n) is 1.10. The van der Waals surface area contributed by atoms with Crippen LogP contribution >= 0.6 is 0 Å². The monoisotopic (exact) mass is 179 g/mol. The number of hydrogen-bond acceptors (Lipinski definition) is 2. The van der Waals surface area contributed by atoms with Gasteiger partial charge in [0.1, 0.15) is 12.4 Å². The van der Waals surface area contributed by atoms with Gasteiger partial charge in [0.2, 0.25) is 0 Å². The van der Waals surface area contributed by atoms with Gasteiger partial charge in [0.05, 0.1) is 6.61 Å². The molecule has 0 spiro atoms. The summed E-state index contributed by atoms with van der Waals surface area (Å²) >= 11 is 0. The lowest BCUT2D eigenvalue weighted by atomic mass is 10.1. The first-order valence-electron chi connectivity index (χ1n) is 4.49. The second-order valence-electron chi connectivity index (χ2n) is 2.73. The summed E-state index contributed by atoms with van der Waals surface area (Å²) in [5.41, 5.74) is 1.19. The predicted molar refractivity (Wildman–Crippen MR) is 52.0 cm³/mol. The maximum atomic E-state index is 5.52. The minimum Gasteiger partial charge on any atom is -0.491 e. The average molecular weight is 179 g/mol. The van der Waals surface area contributed by atoms with E-state index in [1.807, 2.05) is 18.2 Å². The maximum Gasteiger partial charge on any atom is 0.122 e. The molecule has 0 N–H and O–H groups in total. The zero-order valence-electron chi connectivity index (χ0n) is 8.17. The Balaban J connectivity index is 2.54. The van der Waals surface area contributed by atoms with E-state index in [1.165, 1.54) is 5.56 Å². The highest BCUT2D eigenvalue weighted by Gasteiger charge is 1.99. The molecule has 0 atom stereocenters. The minimum absolute atomic E-state index is 0.605. The van der Waals surface area contributed by atoms with E-state index in [-0.39, 0.29) is 0 Å². The molecule has 1 rings (SSSR count). The Morgan fingerprint density at radius 3 is 2.92 bits per heavy atom. The number of rotatable bonds is 5. The van der Waals surface area contributed by atoms with Crippen molar-refractivity contribution in [1.29, 1.82) is 0 Å². The second kappa shape index (κ2) is 5.60. The van der Waals surface area contributed by atoms with Crippen LogP contribution in [-0.4, -0.2) is 20.3 Å². The summed E-state index contributed by atoms with van der Waals surface area (Å²) in [7, 11) is 1.67. The van der Waals surface area contributed by atoms with Crippen molar-refractivity contribution in [2.75, 3.05) is 20.3 Å². The van der Waals surface area contributed by atoms with E-state index in [0.29, 0.717) is 13.2 Å². The van der Waals surface area contributed by atoms with Crippen LogP contribution in [0.15, 0.2) is 18.2 Å². The van der Waals surface area contributed by atoms with Gasteiger partial charge >= 0.3 is 0 Å². The zero-order chi connectivity index (χ0) is 9.52. The molecular formula is C11H15O2. The van der Waals surface area contributed by atoms with E-state index >= 15 is 0 Å². The Hall–Kier alpha value is -1.02. The summed E-state index contributed by atoms with van der Waals surface area (Å²) in [6, 6.07) is 8.79. The molecule has 0 aliphatic heterocycles. The lowest BCUT2D eigenvalue weighted by Gasteiger charge is -2.08. The molecule has 1 radical (unpaired) electrons. The van der Waals surface area contributed by atoms with Crippen molar-refractivity contribution in [2.24, 2.45) is 0 Å². The minimum atomic E-state index is 0.605. The highest BCUT2D eigenvalue weighted by molar-refractivity contribution is 5.32. The van der Waals surface area contributed by atoms with Gasteiger partial charge in [-0.05, 0) is 30.2 Å². The van der Waals surface area contributed by atoms with Gasteiger partial charge in [-0.25, -0.2) is 0 Å². The van der Waals surface area contributed by atoms with Gasteiger partial charge in [0, 0.05) is 7.11 Å². The lowest BCUT2D eigenvalue weighted by molar-refractivity contribution is 0.146. The molecule has 0 fully saturated rings. The quantitative estimate of drug-likeness (QED) is 0.644. The number of ether oxygens (including phenoxy) is 2. The highest BCUT2D eigenvalue weighted by Crippen LogP contribution is 2.17. The topological polar surface area (TPSA) is 18.5 Å². The van der Waals surface area contributed by atoms with Crippen molar-refractivity contribution in [2.45, 2.75) is 13.3 Å². The van der Waals surface area contributed by atoms with Gasteiger partial charge in [0.25, 0.3) is 0 Å². The van der Waals surface area contributed by atoms with E-state index in [9.17, 15) is 0 Å². The molecule has 0 aromatic heterocycles. The van der Waals surface area contributed by atoms with Crippen LogP contribution in [0.25, 0.3) is 0 Å². The number of hydrogen-bond donors (Lipinski definition) is 0.